The molecule has 1 aliphatic rings. The minimum absolute atomic E-state index is 0.0901. The highest BCUT2D eigenvalue weighted by molar-refractivity contribution is 9.10. The van der Waals surface area contributed by atoms with Crippen LogP contribution in [0.2, 0.25) is 0 Å². The molecule has 1 aliphatic heterocycles. The number of piperidine rings is 1. The number of furan rings is 1. The van der Waals surface area contributed by atoms with Crippen LogP contribution in [0.4, 0.5) is 0 Å². The Morgan fingerprint density at radius 3 is 2.57 bits per heavy atom. The fraction of sp³-hybridized carbons (Fsp3) is 0.600. The summed E-state index contributed by atoms with van der Waals surface area (Å²) in [6.45, 7) is 5.35. The van der Waals surface area contributed by atoms with Crippen molar-refractivity contribution in [3.05, 3.63) is 22.6 Å². The van der Waals surface area contributed by atoms with Crippen LogP contribution in [-0.2, 0) is 4.79 Å². The Bertz CT molecular complexity index is 505. The van der Waals surface area contributed by atoms with Crippen molar-refractivity contribution in [3.8, 4) is 0 Å². The number of nitrogens with one attached hydrogen (secondary N) is 1. The van der Waals surface area contributed by atoms with Gasteiger partial charge in [-0.15, -0.1) is 0 Å². The van der Waals surface area contributed by atoms with Crippen LogP contribution in [0.1, 0.15) is 43.7 Å². The average molecular weight is 357 g/mol. The molecule has 0 aliphatic carbocycles. The number of halogens is 1. The van der Waals surface area contributed by atoms with Gasteiger partial charge >= 0.3 is 0 Å². The molecule has 1 aromatic heterocycles. The molecule has 0 atom stereocenters. The van der Waals surface area contributed by atoms with Crippen LogP contribution in [0, 0.1) is 5.92 Å². The summed E-state index contributed by atoms with van der Waals surface area (Å²) in [5.74, 6) is 0.727. The van der Waals surface area contributed by atoms with Crippen molar-refractivity contribution in [1.82, 2.24) is 10.2 Å². The van der Waals surface area contributed by atoms with Crippen LogP contribution in [0.25, 0.3) is 0 Å². The smallest absolute Gasteiger partial charge is 0.289 e. The molecule has 2 heterocycles. The molecule has 116 valence electrons. The van der Waals surface area contributed by atoms with E-state index in [9.17, 15) is 9.59 Å². The Morgan fingerprint density at radius 2 is 2.05 bits per heavy atom. The van der Waals surface area contributed by atoms with Crippen LogP contribution in [-0.4, -0.2) is 35.8 Å². The first-order valence-electron chi connectivity index (χ1n) is 7.29. The third-order valence-electron chi connectivity index (χ3n) is 3.52. The van der Waals surface area contributed by atoms with Gasteiger partial charge in [-0.05, 0) is 46.8 Å². The van der Waals surface area contributed by atoms with Crippen molar-refractivity contribution < 1.29 is 14.0 Å². The van der Waals surface area contributed by atoms with E-state index >= 15 is 0 Å². The van der Waals surface area contributed by atoms with Crippen molar-refractivity contribution in [2.24, 2.45) is 5.92 Å². The fourth-order valence-corrected chi connectivity index (χ4v) is 2.78. The van der Waals surface area contributed by atoms with E-state index in [1.54, 1.807) is 17.0 Å². The largest absolute Gasteiger partial charge is 0.444 e. The maximum absolute atomic E-state index is 12.2. The van der Waals surface area contributed by atoms with E-state index in [0.717, 1.165) is 12.8 Å². The Balaban J connectivity index is 1.80. The number of carbonyl (C=O) groups excluding carboxylic acids is 2. The molecule has 0 bridgehead atoms. The maximum atomic E-state index is 12.2. The van der Waals surface area contributed by atoms with Crippen molar-refractivity contribution in [1.29, 1.82) is 0 Å². The zero-order valence-electron chi connectivity index (χ0n) is 12.4. The normalized spacial score (nSPS) is 16.3. The molecule has 0 spiro atoms. The van der Waals surface area contributed by atoms with Crippen LogP contribution in [0.5, 0.6) is 0 Å². The molecule has 0 unspecified atom stereocenters. The van der Waals surface area contributed by atoms with Crippen LogP contribution >= 0.6 is 15.9 Å². The van der Waals surface area contributed by atoms with E-state index in [0.29, 0.717) is 35.9 Å². The number of rotatable bonds is 4. The second-order valence-electron chi connectivity index (χ2n) is 5.84. The highest BCUT2D eigenvalue weighted by Gasteiger charge is 2.26. The van der Waals surface area contributed by atoms with Gasteiger partial charge in [0.25, 0.3) is 5.91 Å². The van der Waals surface area contributed by atoms with Gasteiger partial charge in [-0.25, -0.2) is 0 Å². The van der Waals surface area contributed by atoms with E-state index in [1.807, 2.05) is 13.8 Å². The Kier molecular flexibility index (Phi) is 5.45. The van der Waals surface area contributed by atoms with Gasteiger partial charge in [0.15, 0.2) is 10.4 Å². The van der Waals surface area contributed by atoms with Crippen LogP contribution < -0.4 is 5.32 Å². The summed E-state index contributed by atoms with van der Waals surface area (Å²) < 4.78 is 5.85. The van der Waals surface area contributed by atoms with E-state index in [2.05, 4.69) is 21.2 Å². The summed E-state index contributed by atoms with van der Waals surface area (Å²) in [5.41, 5.74) is 0. The highest BCUT2D eigenvalue weighted by Crippen LogP contribution is 2.18. The van der Waals surface area contributed by atoms with E-state index < -0.39 is 0 Å². The number of hydrogen-bond acceptors (Lipinski definition) is 3. The molecule has 0 aromatic carbocycles. The fourth-order valence-electron chi connectivity index (χ4n) is 2.47. The average Bonchev–Trinajstić information content (AvgIpc) is 2.84. The monoisotopic (exact) mass is 356 g/mol. The van der Waals surface area contributed by atoms with Crippen LogP contribution in [0.3, 0.4) is 0 Å². The quantitative estimate of drug-likeness (QED) is 0.901. The van der Waals surface area contributed by atoms with Crippen molar-refractivity contribution in [3.63, 3.8) is 0 Å². The Labute approximate surface area is 133 Å². The van der Waals surface area contributed by atoms with Gasteiger partial charge in [0.05, 0.1) is 0 Å². The number of carbonyl (C=O) groups is 2. The molecular weight excluding hydrogens is 336 g/mol. The summed E-state index contributed by atoms with van der Waals surface area (Å²) in [7, 11) is 0. The molecule has 0 saturated carbocycles. The lowest BCUT2D eigenvalue weighted by molar-refractivity contribution is -0.122. The Hall–Kier alpha value is -1.30. The second kappa shape index (κ2) is 7.11. The SMILES string of the molecule is CC(C)CC(=O)NC1CCN(C(=O)c2ccc(Br)o2)CC1. The number of likely N-dealkylation sites (tertiary alicyclic amines) is 1. The lowest BCUT2D eigenvalue weighted by Gasteiger charge is -2.32. The molecule has 5 nitrogen and oxygen atoms in total. The number of amides is 2. The molecule has 0 radical (unpaired) electrons. The first-order chi connectivity index (χ1) is 9.95. The lowest BCUT2D eigenvalue weighted by Crippen LogP contribution is -2.46. The molecule has 1 aromatic rings. The van der Waals surface area contributed by atoms with Crippen LogP contribution in [0.15, 0.2) is 21.2 Å². The van der Waals surface area contributed by atoms with Gasteiger partial charge in [0, 0.05) is 25.6 Å². The Morgan fingerprint density at radius 1 is 1.38 bits per heavy atom. The van der Waals surface area contributed by atoms with Gasteiger partial charge in [0.2, 0.25) is 5.91 Å². The minimum Gasteiger partial charge on any atom is -0.444 e. The molecule has 1 saturated heterocycles. The molecule has 1 fully saturated rings. The summed E-state index contributed by atoms with van der Waals surface area (Å²) in [4.78, 5) is 25.7. The van der Waals surface area contributed by atoms with Crippen molar-refractivity contribution in [2.75, 3.05) is 13.1 Å². The standard InChI is InChI=1S/C15H21BrN2O3/c1-10(2)9-14(19)17-11-5-7-18(8-6-11)15(20)12-3-4-13(16)21-12/h3-4,10-11H,5-9H2,1-2H3,(H,17,19). The molecule has 2 rings (SSSR count). The first-order valence-corrected chi connectivity index (χ1v) is 8.09. The van der Waals surface area contributed by atoms with Gasteiger partial charge in [-0.3, -0.25) is 9.59 Å². The van der Waals surface area contributed by atoms with Gasteiger partial charge in [-0.1, -0.05) is 13.8 Å². The minimum atomic E-state index is -0.0901. The van der Waals surface area contributed by atoms with Crippen molar-refractivity contribution >= 4 is 27.7 Å². The zero-order valence-corrected chi connectivity index (χ0v) is 14.0. The third-order valence-corrected chi connectivity index (χ3v) is 3.95. The summed E-state index contributed by atoms with van der Waals surface area (Å²) in [5, 5.41) is 3.05. The summed E-state index contributed by atoms with van der Waals surface area (Å²) >= 11 is 3.20. The van der Waals surface area contributed by atoms with E-state index in [1.165, 1.54) is 0 Å². The summed E-state index contributed by atoms with van der Waals surface area (Å²) in [6.07, 6.45) is 2.13. The molecule has 2 amide bonds. The van der Waals surface area contributed by atoms with Gasteiger partial charge in [0.1, 0.15) is 0 Å². The topological polar surface area (TPSA) is 62.6 Å². The van der Waals surface area contributed by atoms with Gasteiger partial charge in [-0.2, -0.15) is 0 Å². The molecule has 21 heavy (non-hydrogen) atoms. The van der Waals surface area contributed by atoms with Gasteiger partial charge < -0.3 is 14.6 Å². The second-order valence-corrected chi connectivity index (χ2v) is 6.62. The summed E-state index contributed by atoms with van der Waals surface area (Å²) in [6, 6.07) is 3.55. The maximum Gasteiger partial charge on any atom is 0.289 e. The number of hydrogen-bond donors (Lipinski definition) is 1. The molecule has 6 heteroatoms. The third kappa shape index (κ3) is 4.59. The first kappa shape index (κ1) is 16.1. The lowest BCUT2D eigenvalue weighted by atomic mass is 10.0. The predicted octanol–water partition coefficient (Wildman–Crippen LogP) is 2.81. The zero-order chi connectivity index (χ0) is 15.4. The molecule has 1 N–H and O–H groups in total. The highest BCUT2D eigenvalue weighted by atomic mass is 79.9. The molecular formula is C15H21BrN2O3. The number of nitrogens with zero attached hydrogens (tertiary/aromatic N) is 1. The van der Waals surface area contributed by atoms with E-state index in [-0.39, 0.29) is 17.9 Å². The predicted molar refractivity (Wildman–Crippen MR) is 82.9 cm³/mol. The van der Waals surface area contributed by atoms with Crippen molar-refractivity contribution in [2.45, 2.75) is 39.2 Å². The van der Waals surface area contributed by atoms with E-state index in [4.69, 9.17) is 4.42 Å².